The van der Waals surface area contributed by atoms with Crippen molar-refractivity contribution in [1.29, 1.82) is 0 Å². The molecule has 4 nitrogen and oxygen atoms in total. The second-order valence-electron chi connectivity index (χ2n) is 29.3. The Kier molecular flexibility index (Phi) is 7.64. The third kappa shape index (κ3) is 6.30. The number of ether oxygens (including phenoxy) is 2. The van der Waals surface area contributed by atoms with Gasteiger partial charge in [-0.25, -0.2) is 0 Å². The summed E-state index contributed by atoms with van der Waals surface area (Å²) in [6.07, 6.45) is 8.30. The zero-order valence-corrected chi connectivity index (χ0v) is 50.9. The molecule has 5 aliphatic rings. The van der Waals surface area contributed by atoms with Gasteiger partial charge in [0.1, 0.15) is 11.1 Å². The Morgan fingerprint density at radius 2 is 0.780 bits per heavy atom. The highest BCUT2D eigenvalue weighted by Crippen LogP contribution is 2.62. The molecule has 1 saturated heterocycles. The Morgan fingerprint density at radius 1 is 0.427 bits per heavy atom. The van der Waals surface area contributed by atoms with Crippen molar-refractivity contribution in [2.24, 2.45) is 0 Å². The standard InChI is InChI=1S/C76H72N2O2S2/c1-69(2,3)55-33-53-61-35-49-41(23-25-47-51-31-57-59(37-63(51)81-67(47)49)73(11,12)29-27-71(57,7)8)39-77(61)75(65(53)45-21-17-15-19-43(45)55)79-76(80-75)66-46-22-18-16-20-44(46)56(70(4,5)6)34-54(66)62-36-50-42(40-78(62)76)24-26-48-52-32-58-60(38-64(52)82-68(48)50)74(13,14)30-28-72(58,9)10/h15-26,31-40H,27-30H2,1-14H3/q+2/i15D,16D,17D,18D,19D,20D,21D,22D,33D,34D. The van der Waals surface area contributed by atoms with Crippen molar-refractivity contribution in [1.82, 2.24) is 0 Å². The van der Waals surface area contributed by atoms with Crippen LogP contribution in [0.1, 0.15) is 181 Å². The van der Waals surface area contributed by atoms with Crippen LogP contribution in [0.3, 0.4) is 0 Å². The SMILES string of the molecule is [2H]c1c([2H])c([2H])c2c3c(c([2H])c(C(C)(C)C)c2c1[2H])-c1cc2c(ccc4c5cc6c(cc5sc24)C(C)(C)CCC6(C)C)c[n+]1C31OC2(O1)c1c(c([2H])c(C(C)(C)C)c3c([2H])c([2H])c([2H])c([2H])c13)-c1cc3c(ccc4c5cc6c(cc5sc34)C(C)(C)CCC6(C)C)c[n+]12. The topological polar surface area (TPSA) is 26.2 Å². The molecule has 0 saturated carbocycles. The van der Waals surface area contributed by atoms with E-state index >= 15 is 0 Å². The molecule has 0 N–H and O–H groups in total. The molecule has 0 unspecified atom stereocenters. The van der Waals surface area contributed by atoms with Crippen molar-refractivity contribution in [3.8, 4) is 22.5 Å². The summed E-state index contributed by atoms with van der Waals surface area (Å²) in [7, 11) is 0. The molecule has 8 aromatic carbocycles. The molecule has 82 heavy (non-hydrogen) atoms. The number of pyridine rings is 2. The summed E-state index contributed by atoms with van der Waals surface area (Å²) in [5, 5.41) is 8.80. The molecule has 7 heterocycles. The Labute approximate surface area is 503 Å². The van der Waals surface area contributed by atoms with Gasteiger partial charge in [-0.2, -0.15) is 9.47 Å². The molecule has 0 bridgehead atoms. The summed E-state index contributed by atoms with van der Waals surface area (Å²) in [4.78, 5) is 0. The zero-order valence-electron chi connectivity index (χ0n) is 59.3. The largest absolute Gasteiger partial charge is 0.436 e. The van der Waals surface area contributed by atoms with E-state index in [4.69, 9.17) is 9.47 Å². The second kappa shape index (κ2) is 15.4. The van der Waals surface area contributed by atoms with E-state index in [1.165, 1.54) is 42.4 Å². The van der Waals surface area contributed by atoms with E-state index in [9.17, 15) is 13.7 Å². The maximum Gasteiger partial charge on any atom is 0.436 e. The monoisotopic (exact) mass is 1120 g/mol. The highest BCUT2D eigenvalue weighted by atomic mass is 32.1. The van der Waals surface area contributed by atoms with E-state index in [-0.39, 0.29) is 90.6 Å². The normalized spacial score (nSPS) is 21.1. The van der Waals surface area contributed by atoms with Crippen molar-refractivity contribution in [3.05, 3.63) is 178 Å². The van der Waals surface area contributed by atoms with Crippen LogP contribution in [0.5, 0.6) is 0 Å². The fourth-order valence-corrected chi connectivity index (χ4v) is 17.9. The van der Waals surface area contributed by atoms with E-state index in [1.807, 2.05) is 63.1 Å². The molecule has 2 aliphatic carbocycles. The van der Waals surface area contributed by atoms with Crippen molar-refractivity contribution in [3.63, 3.8) is 0 Å². The van der Waals surface area contributed by atoms with Gasteiger partial charge in [-0.05, 0) is 162 Å². The maximum absolute atomic E-state index is 10.6. The summed E-state index contributed by atoms with van der Waals surface area (Å²) in [5.74, 6) is -4.18. The van der Waals surface area contributed by atoms with E-state index in [1.54, 1.807) is 22.7 Å². The van der Waals surface area contributed by atoms with Crippen LogP contribution in [-0.4, -0.2) is 0 Å². The van der Waals surface area contributed by atoms with Gasteiger partial charge in [0.25, 0.3) is 0 Å². The third-order valence-corrected chi connectivity index (χ3v) is 22.6. The molecule has 0 amide bonds. The molecule has 6 heteroatoms. The molecule has 0 atom stereocenters. The summed E-state index contributed by atoms with van der Waals surface area (Å²) < 4.78 is 122. The number of aromatic nitrogens is 2. The van der Waals surface area contributed by atoms with Crippen LogP contribution in [-0.2, 0) is 53.8 Å². The van der Waals surface area contributed by atoms with Crippen LogP contribution >= 0.6 is 22.7 Å². The number of benzene rings is 8. The van der Waals surface area contributed by atoms with Gasteiger partial charge in [0.05, 0.1) is 24.8 Å². The number of thiophene rings is 2. The first-order valence-electron chi connectivity index (χ1n) is 34.3. The van der Waals surface area contributed by atoms with Crippen molar-refractivity contribution in [2.75, 3.05) is 0 Å². The Bertz CT molecular complexity index is 5240. The summed E-state index contributed by atoms with van der Waals surface area (Å²) >= 11 is 3.50. The molecule has 1 fully saturated rings. The fourth-order valence-electron chi connectivity index (χ4n) is 15.4. The number of hydrogen-bond acceptors (Lipinski definition) is 4. The predicted molar refractivity (Wildman–Crippen MR) is 344 cm³/mol. The highest BCUT2D eigenvalue weighted by Gasteiger charge is 2.80. The molecule has 17 rings (SSSR count). The van der Waals surface area contributed by atoms with Crippen LogP contribution in [0, 0.1) is 0 Å². The highest BCUT2D eigenvalue weighted by molar-refractivity contribution is 7.27. The second-order valence-corrected chi connectivity index (χ2v) is 31.4. The van der Waals surface area contributed by atoms with Gasteiger partial charge in [-0.3, -0.25) is 0 Å². The minimum atomic E-state index is -2.09. The van der Waals surface area contributed by atoms with Crippen LogP contribution in [0.4, 0.5) is 0 Å². The first-order valence-corrected chi connectivity index (χ1v) is 31.0. The van der Waals surface area contributed by atoms with Gasteiger partial charge >= 0.3 is 11.8 Å². The van der Waals surface area contributed by atoms with Crippen molar-refractivity contribution in [2.45, 2.75) is 167 Å². The van der Waals surface area contributed by atoms with Gasteiger partial charge in [0, 0.05) is 74.0 Å². The lowest BCUT2D eigenvalue weighted by Crippen LogP contribution is -2.79. The molecule has 3 aliphatic heterocycles. The van der Waals surface area contributed by atoms with Crippen LogP contribution in [0.2, 0.25) is 0 Å². The maximum atomic E-state index is 10.6. The van der Waals surface area contributed by atoms with Crippen molar-refractivity contribution < 1.29 is 32.3 Å². The molecule has 408 valence electrons. The van der Waals surface area contributed by atoms with E-state index in [2.05, 4.69) is 116 Å². The average molecular weight is 1120 g/mol. The lowest BCUT2D eigenvalue weighted by Gasteiger charge is -2.43. The molecule has 12 aromatic rings. The van der Waals surface area contributed by atoms with Gasteiger partial charge in [0.15, 0.2) is 12.4 Å². The van der Waals surface area contributed by atoms with Gasteiger partial charge in [0.2, 0.25) is 11.4 Å². The van der Waals surface area contributed by atoms with E-state index in [0.717, 1.165) is 67.4 Å². The van der Waals surface area contributed by atoms with Crippen LogP contribution in [0.25, 0.3) is 106 Å². The molecular formula is C76H72N2O2S2+2. The summed E-state index contributed by atoms with van der Waals surface area (Å²) in [6.45, 7) is 30.6. The molecule has 2 spiro atoms. The van der Waals surface area contributed by atoms with Crippen molar-refractivity contribution >= 4 is 106 Å². The number of nitrogens with zero attached hydrogens (tertiary/aromatic N) is 2. The minimum Gasteiger partial charge on any atom is -0.192 e. The van der Waals surface area contributed by atoms with Crippen LogP contribution < -0.4 is 9.13 Å². The van der Waals surface area contributed by atoms with E-state index in [0.29, 0.717) is 33.6 Å². The smallest absolute Gasteiger partial charge is 0.192 e. The molecule has 0 radical (unpaired) electrons. The Balaban J connectivity index is 0.994. The quantitative estimate of drug-likeness (QED) is 0.141. The Hall–Kier alpha value is -6.54. The van der Waals surface area contributed by atoms with E-state index < -0.39 is 46.8 Å². The minimum absolute atomic E-state index is 0.00386. The third-order valence-electron chi connectivity index (χ3n) is 20.2. The first kappa shape index (κ1) is 40.6. The number of fused-ring (bicyclic) bond motifs is 26. The first-order chi connectivity index (χ1) is 43.0. The lowest BCUT2D eigenvalue weighted by atomic mass is 9.63. The summed E-state index contributed by atoms with van der Waals surface area (Å²) in [5.41, 5.74) is 7.03. The predicted octanol–water partition coefficient (Wildman–Crippen LogP) is 19.9. The Morgan fingerprint density at radius 3 is 1.15 bits per heavy atom. The lowest BCUT2D eigenvalue weighted by molar-refractivity contribution is -0.998. The number of rotatable bonds is 0. The number of hydrogen-bond donors (Lipinski definition) is 0. The van der Waals surface area contributed by atoms with Crippen LogP contribution in [0.15, 0.2) is 133 Å². The molecule has 4 aromatic heterocycles. The average Bonchev–Trinajstić information content (AvgIpc) is 1.45. The van der Waals surface area contributed by atoms with Gasteiger partial charge in [-0.1, -0.05) is 157 Å². The van der Waals surface area contributed by atoms with Gasteiger partial charge in [-0.15, -0.1) is 31.8 Å². The zero-order chi connectivity index (χ0) is 65.2. The van der Waals surface area contributed by atoms with Gasteiger partial charge < -0.3 is 0 Å². The molecular weight excluding hydrogens is 1040 g/mol. The fraction of sp³-hybridized carbons (Fsp3) is 0.342. The summed E-state index contributed by atoms with van der Waals surface area (Å²) in [6, 6.07) is 19.6.